The van der Waals surface area contributed by atoms with Gasteiger partial charge >= 0.3 is 0 Å². The van der Waals surface area contributed by atoms with E-state index in [2.05, 4.69) is 5.32 Å². The van der Waals surface area contributed by atoms with Crippen LogP contribution in [-0.4, -0.2) is 38.6 Å². The number of hydrogen-bond acceptors (Lipinski definition) is 3. The molecule has 0 aliphatic heterocycles. The Kier molecular flexibility index (Phi) is 4.79. The summed E-state index contributed by atoms with van der Waals surface area (Å²) in [5, 5.41) is 3.06. The van der Waals surface area contributed by atoms with Crippen LogP contribution in [0.15, 0.2) is 24.3 Å². The van der Waals surface area contributed by atoms with Crippen molar-refractivity contribution in [3.63, 3.8) is 0 Å². The largest absolute Gasteiger partial charge is 0.484 e. The number of ether oxygens (including phenoxy) is 1. The highest BCUT2D eigenvalue weighted by atomic mass is 16.5. The highest BCUT2D eigenvalue weighted by molar-refractivity contribution is 5.77. The Balaban J connectivity index is 2.53. The van der Waals surface area contributed by atoms with Crippen molar-refractivity contribution < 1.29 is 9.53 Å². The molecule has 4 nitrogen and oxygen atoms in total. The van der Waals surface area contributed by atoms with Gasteiger partial charge in [0, 0.05) is 20.6 Å². The van der Waals surface area contributed by atoms with E-state index < -0.39 is 0 Å². The molecule has 0 aliphatic carbocycles. The Labute approximate surface area is 96.2 Å². The first-order chi connectivity index (χ1) is 7.63. The minimum absolute atomic E-state index is 0.0426. The monoisotopic (exact) mass is 222 g/mol. The van der Waals surface area contributed by atoms with Crippen molar-refractivity contribution in [3.8, 4) is 5.75 Å². The maximum Gasteiger partial charge on any atom is 0.259 e. The summed E-state index contributed by atoms with van der Waals surface area (Å²) in [5.74, 6) is 0.682. The SMILES string of the molecule is CNCc1cccc(OCC(=O)N(C)C)c1. The van der Waals surface area contributed by atoms with Gasteiger partial charge in [-0.15, -0.1) is 0 Å². The zero-order valence-electron chi connectivity index (χ0n) is 9.99. The molecule has 1 aromatic carbocycles. The van der Waals surface area contributed by atoms with Crippen molar-refractivity contribution >= 4 is 5.91 Å². The molecule has 4 heteroatoms. The van der Waals surface area contributed by atoms with Crippen molar-refractivity contribution in [2.45, 2.75) is 6.54 Å². The van der Waals surface area contributed by atoms with Crippen molar-refractivity contribution in [1.29, 1.82) is 0 Å². The van der Waals surface area contributed by atoms with Crippen LogP contribution in [0.4, 0.5) is 0 Å². The van der Waals surface area contributed by atoms with E-state index in [-0.39, 0.29) is 12.5 Å². The van der Waals surface area contributed by atoms with Gasteiger partial charge in [0.15, 0.2) is 6.61 Å². The Hall–Kier alpha value is -1.55. The minimum atomic E-state index is -0.0426. The van der Waals surface area contributed by atoms with Crippen LogP contribution in [0, 0.1) is 0 Å². The van der Waals surface area contributed by atoms with Gasteiger partial charge in [0.05, 0.1) is 0 Å². The van der Waals surface area contributed by atoms with Crippen LogP contribution in [0.5, 0.6) is 5.75 Å². The summed E-state index contributed by atoms with van der Waals surface area (Å²) < 4.78 is 5.40. The minimum Gasteiger partial charge on any atom is -0.484 e. The molecule has 0 heterocycles. The number of carbonyl (C=O) groups is 1. The lowest BCUT2D eigenvalue weighted by atomic mass is 10.2. The lowest BCUT2D eigenvalue weighted by Crippen LogP contribution is -2.27. The zero-order chi connectivity index (χ0) is 12.0. The van der Waals surface area contributed by atoms with E-state index in [0.717, 1.165) is 17.9 Å². The molecule has 0 unspecified atom stereocenters. The fourth-order valence-electron chi connectivity index (χ4n) is 1.22. The first-order valence-electron chi connectivity index (χ1n) is 5.20. The van der Waals surface area contributed by atoms with Gasteiger partial charge in [0.2, 0.25) is 0 Å². The van der Waals surface area contributed by atoms with E-state index in [1.54, 1.807) is 14.1 Å². The molecule has 0 aromatic heterocycles. The highest BCUT2D eigenvalue weighted by Crippen LogP contribution is 2.13. The van der Waals surface area contributed by atoms with E-state index in [4.69, 9.17) is 4.74 Å². The van der Waals surface area contributed by atoms with Gasteiger partial charge < -0.3 is 15.0 Å². The molecule has 1 rings (SSSR count). The molecular weight excluding hydrogens is 204 g/mol. The van der Waals surface area contributed by atoms with Gasteiger partial charge in [-0.3, -0.25) is 4.79 Å². The lowest BCUT2D eigenvalue weighted by Gasteiger charge is -2.11. The molecular formula is C12H18N2O2. The van der Waals surface area contributed by atoms with Gasteiger partial charge in [-0.1, -0.05) is 12.1 Å². The fourth-order valence-corrected chi connectivity index (χ4v) is 1.22. The number of nitrogens with one attached hydrogen (secondary N) is 1. The Morgan fingerprint density at radius 2 is 2.19 bits per heavy atom. The number of carbonyl (C=O) groups excluding carboxylic acids is 1. The quantitative estimate of drug-likeness (QED) is 0.804. The Morgan fingerprint density at radius 3 is 2.81 bits per heavy atom. The van der Waals surface area contributed by atoms with Gasteiger partial charge in [0.25, 0.3) is 5.91 Å². The molecule has 0 aliphatic rings. The number of rotatable bonds is 5. The maximum absolute atomic E-state index is 11.3. The molecule has 88 valence electrons. The van der Waals surface area contributed by atoms with Crippen LogP contribution in [0.1, 0.15) is 5.56 Å². The Bertz CT molecular complexity index is 351. The van der Waals surface area contributed by atoms with Gasteiger partial charge in [-0.25, -0.2) is 0 Å². The van der Waals surface area contributed by atoms with Crippen LogP contribution in [0.3, 0.4) is 0 Å². The third-order valence-corrected chi connectivity index (χ3v) is 2.14. The van der Waals surface area contributed by atoms with Crippen molar-refractivity contribution in [1.82, 2.24) is 10.2 Å². The predicted molar refractivity (Wildman–Crippen MR) is 63.4 cm³/mol. The van der Waals surface area contributed by atoms with Crippen LogP contribution in [-0.2, 0) is 11.3 Å². The average Bonchev–Trinajstić information content (AvgIpc) is 2.26. The van der Waals surface area contributed by atoms with Gasteiger partial charge in [-0.2, -0.15) is 0 Å². The molecule has 1 N–H and O–H groups in total. The summed E-state index contributed by atoms with van der Waals surface area (Å²) in [6, 6.07) is 7.71. The van der Waals surface area contributed by atoms with E-state index in [0.29, 0.717) is 0 Å². The molecule has 16 heavy (non-hydrogen) atoms. The third-order valence-electron chi connectivity index (χ3n) is 2.14. The van der Waals surface area contributed by atoms with E-state index in [9.17, 15) is 4.79 Å². The topological polar surface area (TPSA) is 41.6 Å². The third kappa shape index (κ3) is 3.90. The maximum atomic E-state index is 11.3. The number of amides is 1. The van der Waals surface area contributed by atoms with E-state index in [1.165, 1.54) is 4.90 Å². The average molecular weight is 222 g/mol. The van der Waals surface area contributed by atoms with E-state index in [1.807, 2.05) is 31.3 Å². The van der Waals surface area contributed by atoms with Gasteiger partial charge in [0.1, 0.15) is 5.75 Å². The number of likely N-dealkylation sites (N-methyl/N-ethyl adjacent to an activating group) is 1. The number of benzene rings is 1. The summed E-state index contributed by atoms with van der Waals surface area (Å²) in [6.07, 6.45) is 0. The molecule has 1 amide bonds. The highest BCUT2D eigenvalue weighted by Gasteiger charge is 2.04. The molecule has 0 atom stereocenters. The van der Waals surface area contributed by atoms with Crippen LogP contribution < -0.4 is 10.1 Å². The zero-order valence-corrected chi connectivity index (χ0v) is 9.99. The second-order valence-electron chi connectivity index (χ2n) is 3.75. The second kappa shape index (κ2) is 6.12. The van der Waals surface area contributed by atoms with Crippen LogP contribution in [0.25, 0.3) is 0 Å². The Morgan fingerprint density at radius 1 is 1.44 bits per heavy atom. The first-order valence-corrected chi connectivity index (χ1v) is 5.20. The molecule has 1 aromatic rings. The van der Waals surface area contributed by atoms with Crippen LogP contribution >= 0.6 is 0 Å². The van der Waals surface area contributed by atoms with Crippen molar-refractivity contribution in [3.05, 3.63) is 29.8 Å². The lowest BCUT2D eigenvalue weighted by molar-refractivity contribution is -0.130. The fraction of sp³-hybridized carbons (Fsp3) is 0.417. The normalized spacial score (nSPS) is 9.94. The summed E-state index contributed by atoms with van der Waals surface area (Å²) in [6.45, 7) is 0.870. The first kappa shape index (κ1) is 12.5. The van der Waals surface area contributed by atoms with Crippen LogP contribution in [0.2, 0.25) is 0 Å². The van der Waals surface area contributed by atoms with E-state index >= 15 is 0 Å². The summed E-state index contributed by atoms with van der Waals surface area (Å²) in [7, 11) is 5.31. The van der Waals surface area contributed by atoms with Gasteiger partial charge in [-0.05, 0) is 24.7 Å². The molecule has 0 saturated heterocycles. The summed E-state index contributed by atoms with van der Waals surface area (Å²) in [4.78, 5) is 12.8. The molecule has 0 radical (unpaired) electrons. The summed E-state index contributed by atoms with van der Waals surface area (Å²) in [5.41, 5.74) is 1.14. The number of hydrogen-bond donors (Lipinski definition) is 1. The van der Waals surface area contributed by atoms with Crippen molar-refractivity contribution in [2.75, 3.05) is 27.7 Å². The molecule has 0 saturated carbocycles. The smallest absolute Gasteiger partial charge is 0.259 e. The predicted octanol–water partition coefficient (Wildman–Crippen LogP) is 0.873. The summed E-state index contributed by atoms with van der Waals surface area (Å²) >= 11 is 0. The second-order valence-corrected chi connectivity index (χ2v) is 3.75. The van der Waals surface area contributed by atoms with Crippen molar-refractivity contribution in [2.24, 2.45) is 0 Å². The molecule has 0 bridgehead atoms. The molecule has 0 fully saturated rings. The number of nitrogens with zero attached hydrogens (tertiary/aromatic N) is 1. The molecule has 0 spiro atoms. The standard InChI is InChI=1S/C12H18N2O2/c1-13-8-10-5-4-6-11(7-10)16-9-12(15)14(2)3/h4-7,13H,8-9H2,1-3H3.